The average molecular weight is 350 g/mol. The Morgan fingerprint density at radius 1 is 1.15 bits per heavy atom. The van der Waals surface area contributed by atoms with Gasteiger partial charge in [0.05, 0.1) is 12.8 Å². The third kappa shape index (κ3) is 4.06. The summed E-state index contributed by atoms with van der Waals surface area (Å²) in [5.41, 5.74) is 11.7. The van der Waals surface area contributed by atoms with Crippen molar-refractivity contribution in [1.82, 2.24) is 10.6 Å². The van der Waals surface area contributed by atoms with E-state index < -0.39 is 0 Å². The van der Waals surface area contributed by atoms with Gasteiger partial charge >= 0.3 is 0 Å². The second kappa shape index (κ2) is 8.06. The zero-order valence-electron chi connectivity index (χ0n) is 15.5. The highest BCUT2D eigenvalue weighted by molar-refractivity contribution is 5.88. The number of rotatable bonds is 6. The largest absolute Gasteiger partial charge is 0.496 e. The number of guanidine groups is 1. The van der Waals surface area contributed by atoms with E-state index in [1.165, 1.54) is 16.7 Å². The van der Waals surface area contributed by atoms with E-state index in [1.807, 2.05) is 18.2 Å². The van der Waals surface area contributed by atoms with Crippen LogP contribution in [-0.4, -0.2) is 25.8 Å². The van der Waals surface area contributed by atoms with Crippen LogP contribution in [0.15, 0.2) is 53.5 Å². The molecule has 5 heteroatoms. The molecule has 2 aromatic rings. The van der Waals surface area contributed by atoms with Crippen molar-refractivity contribution >= 4 is 11.7 Å². The first kappa shape index (κ1) is 18.0. The predicted molar refractivity (Wildman–Crippen MR) is 107 cm³/mol. The minimum atomic E-state index is -0.0582. The molecule has 1 aliphatic rings. The van der Waals surface area contributed by atoms with Crippen LogP contribution in [0.3, 0.4) is 0 Å². The lowest BCUT2D eigenvalue weighted by atomic mass is 10.00. The molecule has 0 aliphatic carbocycles. The highest BCUT2D eigenvalue weighted by atomic mass is 16.5. The van der Waals surface area contributed by atoms with Crippen molar-refractivity contribution < 1.29 is 4.74 Å². The average Bonchev–Trinajstić information content (AvgIpc) is 2.64. The summed E-state index contributed by atoms with van der Waals surface area (Å²) in [5.74, 6) is 1.34. The second-order valence-electron chi connectivity index (χ2n) is 6.43. The van der Waals surface area contributed by atoms with Gasteiger partial charge in [-0.05, 0) is 49.1 Å². The number of aliphatic imine (C=N–C) groups is 1. The summed E-state index contributed by atoms with van der Waals surface area (Å²) in [7, 11) is 1.70. The lowest BCUT2D eigenvalue weighted by Gasteiger charge is -2.23. The van der Waals surface area contributed by atoms with Crippen molar-refractivity contribution in [3.63, 3.8) is 0 Å². The van der Waals surface area contributed by atoms with E-state index in [0.29, 0.717) is 5.96 Å². The Morgan fingerprint density at radius 3 is 2.77 bits per heavy atom. The fourth-order valence-corrected chi connectivity index (χ4v) is 3.12. The monoisotopic (exact) mass is 350 g/mol. The summed E-state index contributed by atoms with van der Waals surface area (Å²) < 4.78 is 5.41. The number of methoxy groups -OCH3 is 1. The lowest BCUT2D eigenvalue weighted by Crippen LogP contribution is -2.49. The molecular formula is C21H26N4O. The molecule has 0 spiro atoms. The van der Waals surface area contributed by atoms with E-state index >= 15 is 0 Å². The number of aryl methyl sites for hydroxylation is 1. The molecule has 0 aromatic heterocycles. The fourth-order valence-electron chi connectivity index (χ4n) is 3.12. The molecule has 0 saturated carbocycles. The van der Waals surface area contributed by atoms with Crippen LogP contribution in [0.1, 0.15) is 22.3 Å². The van der Waals surface area contributed by atoms with Crippen molar-refractivity contribution in [3.05, 3.63) is 70.8 Å². The quantitative estimate of drug-likeness (QED) is 0.749. The molecule has 0 fully saturated rings. The summed E-state index contributed by atoms with van der Waals surface area (Å²) in [6, 6.07) is 14.3. The third-order valence-electron chi connectivity index (χ3n) is 4.70. The topological polar surface area (TPSA) is 71.7 Å². The summed E-state index contributed by atoms with van der Waals surface area (Å²) in [6.07, 6.45) is 2.89. The van der Waals surface area contributed by atoms with Gasteiger partial charge in [-0.2, -0.15) is 0 Å². The molecule has 1 aliphatic heterocycles. The van der Waals surface area contributed by atoms with Crippen LogP contribution in [-0.2, 0) is 6.42 Å². The molecule has 1 atom stereocenters. The maximum Gasteiger partial charge on any atom is 0.195 e. The van der Waals surface area contributed by atoms with Crippen LogP contribution in [0.4, 0.5) is 0 Å². The standard InChI is InChI=1S/C21H26N4O/c1-14-7-6-9-17(15(14)2)18-13-20(25-21(22)24-18)23-12-11-16-8-4-5-10-19(16)26-3/h4-10,13,20,23H,11-12H2,1-3H3,(H3,22,24,25). The molecule has 1 heterocycles. The van der Waals surface area contributed by atoms with E-state index in [1.54, 1.807) is 7.11 Å². The van der Waals surface area contributed by atoms with Crippen molar-refractivity contribution in [3.8, 4) is 5.75 Å². The molecule has 0 saturated heterocycles. The first-order valence-corrected chi connectivity index (χ1v) is 8.83. The predicted octanol–water partition coefficient (Wildman–Crippen LogP) is 2.73. The zero-order valence-corrected chi connectivity index (χ0v) is 15.5. The number of nitrogens with two attached hydrogens (primary N) is 1. The summed E-state index contributed by atoms with van der Waals surface area (Å²) in [6.45, 7) is 5.02. The number of ether oxygens (including phenoxy) is 1. The Morgan fingerprint density at radius 2 is 1.96 bits per heavy atom. The van der Waals surface area contributed by atoms with Crippen LogP contribution < -0.4 is 21.1 Å². The van der Waals surface area contributed by atoms with Gasteiger partial charge in [0.15, 0.2) is 5.96 Å². The number of benzene rings is 2. The van der Waals surface area contributed by atoms with E-state index in [9.17, 15) is 0 Å². The number of hydrogen-bond acceptors (Lipinski definition) is 5. The fraction of sp³-hybridized carbons (Fsp3) is 0.286. The molecule has 26 heavy (non-hydrogen) atoms. The molecular weight excluding hydrogens is 324 g/mol. The molecule has 0 amide bonds. The van der Waals surface area contributed by atoms with Gasteiger partial charge < -0.3 is 15.8 Å². The van der Waals surface area contributed by atoms with Gasteiger partial charge in [0.1, 0.15) is 11.9 Å². The van der Waals surface area contributed by atoms with E-state index in [4.69, 9.17) is 10.5 Å². The first-order valence-electron chi connectivity index (χ1n) is 8.83. The van der Waals surface area contributed by atoms with Crippen molar-refractivity contribution in [1.29, 1.82) is 0 Å². The van der Waals surface area contributed by atoms with Crippen molar-refractivity contribution in [2.24, 2.45) is 10.7 Å². The van der Waals surface area contributed by atoms with Gasteiger partial charge in [0.25, 0.3) is 0 Å². The molecule has 1 unspecified atom stereocenters. The minimum absolute atomic E-state index is 0.0582. The van der Waals surface area contributed by atoms with Crippen molar-refractivity contribution in [2.75, 3.05) is 13.7 Å². The van der Waals surface area contributed by atoms with Crippen LogP contribution in [0, 0.1) is 13.8 Å². The number of hydrogen-bond donors (Lipinski definition) is 3. The van der Waals surface area contributed by atoms with Gasteiger partial charge in [0.2, 0.25) is 0 Å². The van der Waals surface area contributed by atoms with Crippen LogP contribution >= 0.6 is 0 Å². The zero-order chi connectivity index (χ0) is 18.5. The van der Waals surface area contributed by atoms with E-state index in [0.717, 1.165) is 30.0 Å². The van der Waals surface area contributed by atoms with Gasteiger partial charge in [-0.25, -0.2) is 4.99 Å². The summed E-state index contributed by atoms with van der Waals surface area (Å²) in [4.78, 5) is 4.48. The van der Waals surface area contributed by atoms with Crippen LogP contribution in [0.2, 0.25) is 0 Å². The summed E-state index contributed by atoms with van der Waals surface area (Å²) in [5, 5.41) is 6.66. The van der Waals surface area contributed by atoms with E-state index in [-0.39, 0.29) is 6.17 Å². The second-order valence-corrected chi connectivity index (χ2v) is 6.43. The van der Waals surface area contributed by atoms with Gasteiger partial charge in [-0.1, -0.05) is 36.4 Å². The maximum atomic E-state index is 6.01. The Kier molecular flexibility index (Phi) is 5.58. The molecule has 0 bridgehead atoms. The molecule has 136 valence electrons. The smallest absolute Gasteiger partial charge is 0.195 e. The van der Waals surface area contributed by atoms with Gasteiger partial charge in [-0.3, -0.25) is 5.32 Å². The highest BCUT2D eigenvalue weighted by Crippen LogP contribution is 2.24. The minimum Gasteiger partial charge on any atom is -0.496 e. The third-order valence-corrected chi connectivity index (χ3v) is 4.70. The molecule has 3 rings (SSSR count). The maximum absolute atomic E-state index is 6.01. The van der Waals surface area contributed by atoms with E-state index in [2.05, 4.69) is 59.8 Å². The van der Waals surface area contributed by atoms with Gasteiger partial charge in [0, 0.05) is 12.1 Å². The Labute approximate surface area is 155 Å². The van der Waals surface area contributed by atoms with Crippen LogP contribution in [0.25, 0.3) is 5.70 Å². The Hall–Kier alpha value is -2.79. The molecule has 4 N–H and O–H groups in total. The number of para-hydroxylation sites is 1. The molecule has 2 aromatic carbocycles. The molecule has 5 nitrogen and oxygen atoms in total. The Balaban J connectivity index is 1.70. The summed E-state index contributed by atoms with van der Waals surface area (Å²) >= 11 is 0. The Bertz CT molecular complexity index is 842. The number of nitrogens with zero attached hydrogens (tertiary/aromatic N) is 1. The normalized spacial score (nSPS) is 16.5. The SMILES string of the molecule is COc1ccccc1CCNC1C=C(c2cccc(C)c2C)N=C(N)N1. The lowest BCUT2D eigenvalue weighted by molar-refractivity contribution is 0.408. The van der Waals surface area contributed by atoms with Gasteiger partial charge in [-0.15, -0.1) is 0 Å². The number of nitrogens with one attached hydrogen (secondary N) is 2. The first-order chi connectivity index (χ1) is 12.6. The molecule has 0 radical (unpaired) electrons. The highest BCUT2D eigenvalue weighted by Gasteiger charge is 2.16. The van der Waals surface area contributed by atoms with Crippen LogP contribution in [0.5, 0.6) is 5.75 Å². The van der Waals surface area contributed by atoms with Crippen molar-refractivity contribution in [2.45, 2.75) is 26.4 Å².